The van der Waals surface area contributed by atoms with E-state index in [0.717, 1.165) is 0 Å². The van der Waals surface area contributed by atoms with Crippen LogP contribution in [0.15, 0.2) is 18.2 Å². The molecule has 0 spiro atoms. The molecule has 79 valence electrons. The van der Waals surface area contributed by atoms with E-state index in [1.165, 1.54) is 6.92 Å². The zero-order chi connectivity index (χ0) is 11.3. The zero-order valence-electron chi connectivity index (χ0n) is 8.66. The third kappa shape index (κ3) is 3.09. The van der Waals surface area contributed by atoms with Gasteiger partial charge in [-0.2, -0.15) is 0 Å². The number of benzene rings is 1. The van der Waals surface area contributed by atoms with Crippen LogP contribution in [-0.4, -0.2) is 18.8 Å². The lowest BCUT2D eigenvalue weighted by molar-refractivity contribution is -0.114. The average molecular weight is 206 g/mol. The first-order valence-electron chi connectivity index (χ1n) is 4.60. The second-order valence-corrected chi connectivity index (χ2v) is 2.93. The molecule has 1 radical (unpaired) electrons. The van der Waals surface area contributed by atoms with Crippen LogP contribution >= 0.6 is 0 Å². The van der Waals surface area contributed by atoms with Crippen LogP contribution in [0.4, 0.5) is 5.69 Å². The van der Waals surface area contributed by atoms with E-state index in [2.05, 4.69) is 5.32 Å². The summed E-state index contributed by atoms with van der Waals surface area (Å²) < 4.78 is 5.24. The minimum atomic E-state index is -0.166. The van der Waals surface area contributed by atoms with Gasteiger partial charge >= 0.3 is 0 Å². The number of hydrogen-bond donors (Lipinski definition) is 1. The van der Waals surface area contributed by atoms with Crippen molar-refractivity contribution in [1.82, 2.24) is 0 Å². The SMILES string of the molecule is CCOc1cc(NC(C)=O)ccc1[C]=O. The fourth-order valence-corrected chi connectivity index (χ4v) is 1.16. The van der Waals surface area contributed by atoms with E-state index in [4.69, 9.17) is 4.74 Å². The lowest BCUT2D eigenvalue weighted by Gasteiger charge is -2.08. The van der Waals surface area contributed by atoms with Crippen LogP contribution in [0, 0.1) is 0 Å². The van der Waals surface area contributed by atoms with Crippen LogP contribution < -0.4 is 10.1 Å². The predicted molar refractivity (Wildman–Crippen MR) is 56.7 cm³/mol. The number of amides is 1. The van der Waals surface area contributed by atoms with Gasteiger partial charge in [-0.3, -0.25) is 9.59 Å². The summed E-state index contributed by atoms with van der Waals surface area (Å²) in [6.07, 6.45) is 1.77. The van der Waals surface area contributed by atoms with E-state index >= 15 is 0 Å². The van der Waals surface area contributed by atoms with Gasteiger partial charge in [-0.1, -0.05) is 0 Å². The van der Waals surface area contributed by atoms with Crippen molar-refractivity contribution >= 4 is 17.9 Å². The number of ether oxygens (including phenoxy) is 1. The molecule has 1 N–H and O–H groups in total. The van der Waals surface area contributed by atoms with Gasteiger partial charge in [0.1, 0.15) is 5.75 Å². The third-order valence-corrected chi connectivity index (χ3v) is 1.71. The lowest BCUT2D eigenvalue weighted by Crippen LogP contribution is -2.06. The molecule has 0 atom stereocenters. The average Bonchev–Trinajstić information content (AvgIpc) is 2.18. The van der Waals surface area contributed by atoms with Gasteiger partial charge in [0.15, 0.2) is 0 Å². The van der Waals surface area contributed by atoms with Crippen molar-refractivity contribution in [1.29, 1.82) is 0 Å². The largest absolute Gasteiger partial charge is 0.493 e. The molecule has 15 heavy (non-hydrogen) atoms. The Hall–Kier alpha value is -1.84. The predicted octanol–water partition coefficient (Wildman–Crippen LogP) is 1.50. The highest BCUT2D eigenvalue weighted by Crippen LogP contribution is 2.21. The Kier molecular flexibility index (Phi) is 3.85. The standard InChI is InChI=1S/C11H12NO3/c1-3-15-11-6-10(12-8(2)14)5-4-9(11)7-13/h4-6H,3H2,1-2H3,(H,12,14). The summed E-state index contributed by atoms with van der Waals surface area (Å²) in [6.45, 7) is 3.69. The Balaban J connectivity index is 2.98. The number of rotatable bonds is 4. The Labute approximate surface area is 88.2 Å². The number of nitrogens with one attached hydrogen (secondary N) is 1. The van der Waals surface area contributed by atoms with Gasteiger partial charge in [0, 0.05) is 18.7 Å². The summed E-state index contributed by atoms with van der Waals surface area (Å²) in [6, 6.07) is 4.79. The summed E-state index contributed by atoms with van der Waals surface area (Å²) in [5.41, 5.74) is 0.955. The highest BCUT2D eigenvalue weighted by Gasteiger charge is 2.05. The van der Waals surface area contributed by atoms with E-state index in [-0.39, 0.29) is 5.91 Å². The Morgan fingerprint density at radius 2 is 2.27 bits per heavy atom. The Morgan fingerprint density at radius 3 is 2.80 bits per heavy atom. The fraction of sp³-hybridized carbons (Fsp3) is 0.273. The van der Waals surface area contributed by atoms with Crippen LogP contribution in [-0.2, 0) is 9.59 Å². The molecule has 1 aromatic carbocycles. The molecule has 0 aliphatic rings. The first kappa shape index (κ1) is 11.2. The first-order chi connectivity index (χ1) is 7.17. The van der Waals surface area contributed by atoms with Crippen molar-refractivity contribution in [2.45, 2.75) is 13.8 Å². The van der Waals surface area contributed by atoms with Crippen molar-refractivity contribution in [3.8, 4) is 5.75 Å². The van der Waals surface area contributed by atoms with Crippen molar-refractivity contribution < 1.29 is 14.3 Å². The topological polar surface area (TPSA) is 55.4 Å². The van der Waals surface area contributed by atoms with Gasteiger partial charge in [0.2, 0.25) is 12.2 Å². The van der Waals surface area contributed by atoms with Crippen LogP contribution in [0.3, 0.4) is 0 Å². The Morgan fingerprint density at radius 1 is 1.53 bits per heavy atom. The van der Waals surface area contributed by atoms with Crippen LogP contribution in [0.1, 0.15) is 19.4 Å². The second kappa shape index (κ2) is 5.14. The molecule has 1 amide bonds. The van der Waals surface area contributed by atoms with Crippen molar-refractivity contribution in [2.75, 3.05) is 11.9 Å². The maximum Gasteiger partial charge on any atom is 0.237 e. The van der Waals surface area contributed by atoms with Gasteiger partial charge in [-0.25, -0.2) is 0 Å². The smallest absolute Gasteiger partial charge is 0.237 e. The monoisotopic (exact) mass is 206 g/mol. The first-order valence-corrected chi connectivity index (χ1v) is 4.60. The molecule has 1 rings (SSSR count). The minimum Gasteiger partial charge on any atom is -0.493 e. The zero-order valence-corrected chi connectivity index (χ0v) is 8.66. The molecule has 0 bridgehead atoms. The van der Waals surface area contributed by atoms with E-state index in [9.17, 15) is 9.59 Å². The molecule has 0 saturated heterocycles. The normalized spacial score (nSPS) is 9.47. The summed E-state index contributed by atoms with van der Waals surface area (Å²) in [5, 5.41) is 2.61. The molecule has 0 heterocycles. The summed E-state index contributed by atoms with van der Waals surface area (Å²) in [5.74, 6) is 0.263. The molecular formula is C11H12NO3. The van der Waals surface area contributed by atoms with Crippen molar-refractivity contribution in [3.05, 3.63) is 23.8 Å². The molecule has 0 aromatic heterocycles. The lowest BCUT2D eigenvalue weighted by atomic mass is 10.2. The Bertz CT molecular complexity index is 374. The molecule has 0 fully saturated rings. The third-order valence-electron chi connectivity index (χ3n) is 1.71. The van der Waals surface area contributed by atoms with E-state index in [0.29, 0.717) is 23.6 Å². The highest BCUT2D eigenvalue weighted by molar-refractivity contribution is 5.90. The molecule has 4 nitrogen and oxygen atoms in total. The maximum atomic E-state index is 10.8. The molecule has 0 unspecified atom stereocenters. The molecule has 0 saturated carbocycles. The van der Waals surface area contributed by atoms with Crippen LogP contribution in [0.5, 0.6) is 5.75 Å². The van der Waals surface area contributed by atoms with Crippen LogP contribution in [0.25, 0.3) is 0 Å². The molecule has 1 aromatic rings. The number of hydrogen-bond acceptors (Lipinski definition) is 3. The summed E-state index contributed by atoms with van der Waals surface area (Å²) >= 11 is 0. The number of anilines is 1. The number of carbonyl (C=O) groups excluding carboxylic acids is 2. The summed E-state index contributed by atoms with van der Waals surface area (Å²) in [4.78, 5) is 21.4. The van der Waals surface area contributed by atoms with Gasteiger partial charge in [0.25, 0.3) is 0 Å². The molecular weight excluding hydrogens is 194 g/mol. The maximum absolute atomic E-state index is 10.8. The van der Waals surface area contributed by atoms with Gasteiger partial charge < -0.3 is 10.1 Å². The van der Waals surface area contributed by atoms with Gasteiger partial charge in [0.05, 0.1) is 12.2 Å². The fourth-order valence-electron chi connectivity index (χ4n) is 1.16. The highest BCUT2D eigenvalue weighted by atomic mass is 16.5. The molecule has 4 heteroatoms. The summed E-state index contributed by atoms with van der Waals surface area (Å²) in [7, 11) is 0. The second-order valence-electron chi connectivity index (χ2n) is 2.93. The van der Waals surface area contributed by atoms with E-state index < -0.39 is 0 Å². The minimum absolute atomic E-state index is 0.166. The van der Waals surface area contributed by atoms with Crippen LogP contribution in [0.2, 0.25) is 0 Å². The molecule has 0 aliphatic heterocycles. The quantitative estimate of drug-likeness (QED) is 0.812. The van der Waals surface area contributed by atoms with E-state index in [1.807, 2.05) is 6.92 Å². The van der Waals surface area contributed by atoms with Gasteiger partial charge in [-0.05, 0) is 19.1 Å². The van der Waals surface area contributed by atoms with Crippen molar-refractivity contribution in [2.24, 2.45) is 0 Å². The molecule has 0 aliphatic carbocycles. The van der Waals surface area contributed by atoms with Crippen molar-refractivity contribution in [3.63, 3.8) is 0 Å². The van der Waals surface area contributed by atoms with E-state index in [1.54, 1.807) is 24.5 Å². The number of carbonyl (C=O) groups is 1. The van der Waals surface area contributed by atoms with Gasteiger partial charge in [-0.15, -0.1) is 0 Å².